The fourth-order valence-electron chi connectivity index (χ4n) is 4.86. The molecule has 3 heterocycles. The van der Waals surface area contributed by atoms with Crippen LogP contribution in [0.3, 0.4) is 0 Å². The number of amides is 1. The van der Waals surface area contributed by atoms with Gasteiger partial charge in [-0.1, -0.05) is 18.2 Å². The molecule has 1 aliphatic rings. The predicted molar refractivity (Wildman–Crippen MR) is 139 cm³/mol. The second-order valence-corrected chi connectivity index (χ2v) is 9.32. The molecule has 0 spiro atoms. The lowest BCUT2D eigenvalue weighted by Crippen LogP contribution is -2.29. The molecule has 2 aromatic heterocycles. The summed E-state index contributed by atoms with van der Waals surface area (Å²) in [6.45, 7) is 4.33. The maximum Gasteiger partial charge on any atom is 0.253 e. The number of aromatic nitrogens is 2. The van der Waals surface area contributed by atoms with Gasteiger partial charge < -0.3 is 20.1 Å². The fourth-order valence-corrected chi connectivity index (χ4v) is 4.86. The van der Waals surface area contributed by atoms with E-state index in [4.69, 9.17) is 0 Å². The molecule has 0 aliphatic carbocycles. The molecule has 0 saturated carbocycles. The molecule has 5 rings (SSSR count). The van der Waals surface area contributed by atoms with Gasteiger partial charge in [0.15, 0.2) is 0 Å². The number of aryl methyl sites for hydroxylation is 1. The quantitative estimate of drug-likeness (QED) is 0.460. The van der Waals surface area contributed by atoms with E-state index < -0.39 is 0 Å². The van der Waals surface area contributed by atoms with Gasteiger partial charge in [0.25, 0.3) is 5.91 Å². The lowest BCUT2D eigenvalue weighted by atomic mass is 10.00. The van der Waals surface area contributed by atoms with Crippen LogP contribution in [0.5, 0.6) is 0 Å². The number of H-pyrrole nitrogens is 1. The standard InChI is InChI=1S/C28H31N5O/c1-18-13-21(9-10-26(18)33-12-11-23(17-33)29-2)22-14-24-25(16-31-27(24)30-15-22)19-5-7-20(8-6-19)28(34)32(3)4/h5-10,13-16,23,29H,11-12,17H2,1-4H3,(H,30,31). The molecule has 1 saturated heterocycles. The van der Waals surface area contributed by atoms with E-state index >= 15 is 0 Å². The van der Waals surface area contributed by atoms with Crippen LogP contribution in [0.1, 0.15) is 22.3 Å². The summed E-state index contributed by atoms with van der Waals surface area (Å²) in [5.41, 5.74) is 8.53. The summed E-state index contributed by atoms with van der Waals surface area (Å²) in [5.74, 6) is 0.00338. The van der Waals surface area contributed by atoms with Gasteiger partial charge in [-0.2, -0.15) is 0 Å². The highest BCUT2D eigenvalue weighted by atomic mass is 16.2. The summed E-state index contributed by atoms with van der Waals surface area (Å²) in [6, 6.07) is 17.2. The summed E-state index contributed by atoms with van der Waals surface area (Å²) in [6.07, 6.45) is 5.10. The highest BCUT2D eigenvalue weighted by Gasteiger charge is 2.22. The molecule has 2 aromatic carbocycles. The third-order valence-corrected chi connectivity index (χ3v) is 6.85. The largest absolute Gasteiger partial charge is 0.370 e. The first-order chi connectivity index (χ1) is 16.4. The molecule has 2 N–H and O–H groups in total. The van der Waals surface area contributed by atoms with E-state index in [2.05, 4.69) is 51.4 Å². The molecule has 6 nitrogen and oxygen atoms in total. The monoisotopic (exact) mass is 453 g/mol. The zero-order valence-electron chi connectivity index (χ0n) is 20.2. The van der Waals surface area contributed by atoms with Crippen LogP contribution in [-0.2, 0) is 0 Å². The molecule has 1 aliphatic heterocycles. The number of carbonyl (C=O) groups excluding carboxylic acids is 1. The van der Waals surface area contributed by atoms with Gasteiger partial charge in [-0.3, -0.25) is 4.79 Å². The Bertz CT molecular complexity index is 1340. The van der Waals surface area contributed by atoms with Gasteiger partial charge in [0.1, 0.15) is 5.65 Å². The number of anilines is 1. The van der Waals surface area contributed by atoms with E-state index in [-0.39, 0.29) is 5.91 Å². The average molecular weight is 454 g/mol. The molecule has 1 atom stereocenters. The Balaban J connectivity index is 1.45. The van der Waals surface area contributed by atoms with Gasteiger partial charge in [0.2, 0.25) is 0 Å². The van der Waals surface area contributed by atoms with Crippen LogP contribution in [0.4, 0.5) is 5.69 Å². The minimum atomic E-state index is 0.00338. The lowest BCUT2D eigenvalue weighted by Gasteiger charge is -2.21. The van der Waals surface area contributed by atoms with Gasteiger partial charge in [-0.05, 0) is 67.4 Å². The number of likely N-dealkylation sites (N-methyl/N-ethyl adjacent to an activating group) is 1. The van der Waals surface area contributed by atoms with E-state index in [1.807, 2.05) is 43.7 Å². The smallest absolute Gasteiger partial charge is 0.253 e. The molecule has 34 heavy (non-hydrogen) atoms. The minimum Gasteiger partial charge on any atom is -0.370 e. The van der Waals surface area contributed by atoms with Crippen LogP contribution in [0, 0.1) is 6.92 Å². The van der Waals surface area contributed by atoms with E-state index in [1.165, 1.54) is 23.2 Å². The first-order valence-corrected chi connectivity index (χ1v) is 11.8. The highest BCUT2D eigenvalue weighted by Crippen LogP contribution is 2.33. The molecule has 1 fully saturated rings. The van der Waals surface area contributed by atoms with Crippen molar-refractivity contribution in [3.8, 4) is 22.3 Å². The summed E-state index contributed by atoms with van der Waals surface area (Å²) in [5, 5.41) is 4.47. The van der Waals surface area contributed by atoms with Gasteiger partial charge >= 0.3 is 0 Å². The summed E-state index contributed by atoms with van der Waals surface area (Å²) >= 11 is 0. The molecule has 174 valence electrons. The Morgan fingerprint density at radius 3 is 2.53 bits per heavy atom. The first kappa shape index (κ1) is 22.2. The second kappa shape index (κ2) is 8.95. The van der Waals surface area contributed by atoms with Crippen molar-refractivity contribution in [3.63, 3.8) is 0 Å². The molecule has 0 bridgehead atoms. The van der Waals surface area contributed by atoms with Crippen molar-refractivity contribution in [2.45, 2.75) is 19.4 Å². The molecule has 6 heteroatoms. The average Bonchev–Trinajstić information content (AvgIpc) is 3.50. The van der Waals surface area contributed by atoms with Crippen molar-refractivity contribution >= 4 is 22.6 Å². The molecule has 1 amide bonds. The van der Waals surface area contributed by atoms with Gasteiger partial charge in [0, 0.05) is 73.4 Å². The zero-order valence-corrected chi connectivity index (χ0v) is 20.2. The topological polar surface area (TPSA) is 64.3 Å². The fraction of sp³-hybridized carbons (Fsp3) is 0.286. The second-order valence-electron chi connectivity index (χ2n) is 9.32. The van der Waals surface area contributed by atoms with E-state index in [9.17, 15) is 4.79 Å². The van der Waals surface area contributed by atoms with Gasteiger partial charge in [0.05, 0.1) is 0 Å². The molecular weight excluding hydrogens is 422 g/mol. The van der Waals surface area contributed by atoms with Crippen molar-refractivity contribution in [1.29, 1.82) is 0 Å². The molecule has 0 radical (unpaired) electrons. The van der Waals surface area contributed by atoms with Crippen molar-refractivity contribution in [3.05, 3.63) is 72.1 Å². The number of fused-ring (bicyclic) bond motifs is 1. The maximum absolute atomic E-state index is 12.2. The maximum atomic E-state index is 12.2. The van der Waals surface area contributed by atoms with E-state index in [0.29, 0.717) is 11.6 Å². The van der Waals surface area contributed by atoms with Crippen molar-refractivity contribution in [1.82, 2.24) is 20.2 Å². The Kier molecular flexibility index (Phi) is 5.84. The molecule has 4 aromatic rings. The molecule has 1 unspecified atom stereocenters. The highest BCUT2D eigenvalue weighted by molar-refractivity contribution is 5.98. The molecular formula is C28H31N5O. The number of aromatic amines is 1. The summed E-state index contributed by atoms with van der Waals surface area (Å²) < 4.78 is 0. The van der Waals surface area contributed by atoms with Crippen LogP contribution in [0.15, 0.2) is 60.9 Å². The number of carbonyl (C=O) groups is 1. The number of nitrogens with zero attached hydrogens (tertiary/aromatic N) is 3. The number of pyridine rings is 1. The lowest BCUT2D eigenvalue weighted by molar-refractivity contribution is 0.0827. The van der Waals surface area contributed by atoms with Crippen LogP contribution in [0.2, 0.25) is 0 Å². The first-order valence-electron chi connectivity index (χ1n) is 11.8. The Labute approximate surface area is 200 Å². The van der Waals surface area contributed by atoms with Crippen molar-refractivity contribution in [2.24, 2.45) is 0 Å². The zero-order chi connectivity index (χ0) is 23.8. The van der Waals surface area contributed by atoms with Crippen LogP contribution in [0.25, 0.3) is 33.3 Å². The Hall–Kier alpha value is -3.64. The number of nitrogens with one attached hydrogen (secondary N) is 2. The number of benzene rings is 2. The van der Waals surface area contributed by atoms with E-state index in [1.54, 1.807) is 19.0 Å². The third kappa shape index (κ3) is 4.05. The van der Waals surface area contributed by atoms with Crippen LogP contribution < -0.4 is 10.2 Å². The number of hydrogen-bond donors (Lipinski definition) is 2. The summed E-state index contributed by atoms with van der Waals surface area (Å²) in [7, 11) is 5.57. The normalized spacial score (nSPS) is 15.8. The van der Waals surface area contributed by atoms with Crippen molar-refractivity contribution in [2.75, 3.05) is 39.1 Å². The predicted octanol–water partition coefficient (Wildman–Crippen LogP) is 4.71. The Morgan fingerprint density at radius 2 is 1.85 bits per heavy atom. The third-order valence-electron chi connectivity index (χ3n) is 6.85. The van der Waals surface area contributed by atoms with Crippen molar-refractivity contribution < 1.29 is 4.79 Å². The van der Waals surface area contributed by atoms with Crippen LogP contribution >= 0.6 is 0 Å². The number of rotatable bonds is 5. The SMILES string of the molecule is CNC1CCN(c2ccc(-c3cnc4[nH]cc(-c5ccc(C(=O)N(C)C)cc5)c4c3)cc2C)C1. The minimum absolute atomic E-state index is 0.00338. The number of hydrogen-bond acceptors (Lipinski definition) is 4. The Morgan fingerprint density at radius 1 is 1.09 bits per heavy atom. The van der Waals surface area contributed by atoms with E-state index in [0.717, 1.165) is 40.8 Å². The van der Waals surface area contributed by atoms with Gasteiger partial charge in [-0.25, -0.2) is 4.98 Å². The summed E-state index contributed by atoms with van der Waals surface area (Å²) in [4.78, 5) is 24.3. The van der Waals surface area contributed by atoms with Gasteiger partial charge in [-0.15, -0.1) is 0 Å². The van der Waals surface area contributed by atoms with Crippen LogP contribution in [-0.4, -0.2) is 61.0 Å².